The van der Waals surface area contributed by atoms with Crippen LogP contribution in [0.2, 0.25) is 0 Å². The Morgan fingerprint density at radius 2 is 2.11 bits per heavy atom. The Balaban J connectivity index is 1.99. The van der Waals surface area contributed by atoms with Crippen LogP contribution in [0.15, 0.2) is 36.7 Å². The van der Waals surface area contributed by atoms with Gasteiger partial charge in [-0.05, 0) is 18.1 Å². The van der Waals surface area contributed by atoms with Gasteiger partial charge in [-0.25, -0.2) is 0 Å². The second kappa shape index (κ2) is 6.70. The molecule has 0 aliphatic rings. The fourth-order valence-electron chi connectivity index (χ4n) is 1.71. The van der Waals surface area contributed by atoms with E-state index in [0.717, 1.165) is 11.1 Å². The van der Waals surface area contributed by atoms with Crippen LogP contribution in [0.5, 0.6) is 5.88 Å². The molecule has 0 saturated heterocycles. The molecule has 2 aromatic rings. The second-order valence-corrected chi connectivity index (χ2v) is 4.05. The second-order valence-electron chi connectivity index (χ2n) is 4.05. The van der Waals surface area contributed by atoms with Crippen LogP contribution in [0.25, 0.3) is 0 Å². The van der Waals surface area contributed by atoms with Crippen molar-refractivity contribution in [2.75, 3.05) is 11.9 Å². The molecular formula is C14H18N4O. The quantitative estimate of drug-likeness (QED) is 0.828. The van der Waals surface area contributed by atoms with Gasteiger partial charge in [-0.3, -0.25) is 4.98 Å². The molecule has 5 heteroatoms. The molecule has 0 fully saturated rings. The normalized spacial score (nSPS) is 10.2. The van der Waals surface area contributed by atoms with E-state index in [1.807, 2.05) is 25.1 Å². The smallest absolute Gasteiger partial charge is 0.234 e. The number of rotatable bonds is 6. The minimum absolute atomic E-state index is 0.531. The van der Waals surface area contributed by atoms with E-state index in [1.165, 1.54) is 0 Å². The molecule has 0 aliphatic carbocycles. The Morgan fingerprint density at radius 1 is 1.26 bits per heavy atom. The molecule has 2 rings (SSSR count). The maximum absolute atomic E-state index is 5.62. The zero-order chi connectivity index (χ0) is 13.5. The molecule has 19 heavy (non-hydrogen) atoms. The summed E-state index contributed by atoms with van der Waals surface area (Å²) in [6.45, 7) is 3.72. The van der Waals surface area contributed by atoms with Gasteiger partial charge in [0.05, 0.1) is 19.0 Å². The molecule has 5 nitrogen and oxygen atoms in total. The summed E-state index contributed by atoms with van der Waals surface area (Å²) in [7, 11) is 0. The summed E-state index contributed by atoms with van der Waals surface area (Å²) in [5, 5.41) is 3.22. The van der Waals surface area contributed by atoms with Gasteiger partial charge in [0.25, 0.3) is 0 Å². The number of aromatic nitrogens is 2. The van der Waals surface area contributed by atoms with Crippen LogP contribution < -0.4 is 15.8 Å². The Morgan fingerprint density at radius 3 is 2.89 bits per heavy atom. The topological polar surface area (TPSA) is 73.1 Å². The first-order chi connectivity index (χ1) is 9.31. The van der Waals surface area contributed by atoms with Crippen LogP contribution in [0.4, 0.5) is 5.82 Å². The van der Waals surface area contributed by atoms with Crippen LogP contribution in [-0.4, -0.2) is 16.6 Å². The van der Waals surface area contributed by atoms with E-state index in [1.54, 1.807) is 12.4 Å². The first-order valence-electron chi connectivity index (χ1n) is 6.28. The fraction of sp³-hybridized carbons (Fsp3) is 0.286. The first-order valence-corrected chi connectivity index (χ1v) is 6.28. The molecule has 0 radical (unpaired) electrons. The van der Waals surface area contributed by atoms with E-state index >= 15 is 0 Å². The molecule has 1 aromatic carbocycles. The Hall–Kier alpha value is -2.14. The highest BCUT2D eigenvalue weighted by molar-refractivity contribution is 5.35. The van der Waals surface area contributed by atoms with Crippen molar-refractivity contribution in [2.24, 2.45) is 5.73 Å². The maximum Gasteiger partial charge on any atom is 0.234 e. The third-order valence-corrected chi connectivity index (χ3v) is 2.61. The number of ether oxygens (including phenoxy) is 1. The number of anilines is 1. The van der Waals surface area contributed by atoms with Gasteiger partial charge < -0.3 is 15.8 Å². The lowest BCUT2D eigenvalue weighted by atomic mass is 10.1. The zero-order valence-corrected chi connectivity index (χ0v) is 11.0. The van der Waals surface area contributed by atoms with Crippen molar-refractivity contribution >= 4 is 5.82 Å². The maximum atomic E-state index is 5.62. The van der Waals surface area contributed by atoms with Crippen molar-refractivity contribution in [3.05, 3.63) is 47.8 Å². The van der Waals surface area contributed by atoms with Gasteiger partial charge in [0.2, 0.25) is 5.88 Å². The zero-order valence-electron chi connectivity index (χ0n) is 11.0. The first kappa shape index (κ1) is 13.3. The summed E-state index contributed by atoms with van der Waals surface area (Å²) in [4.78, 5) is 8.38. The van der Waals surface area contributed by atoms with Gasteiger partial charge in [0, 0.05) is 13.1 Å². The molecule has 3 N–H and O–H groups in total. The van der Waals surface area contributed by atoms with Gasteiger partial charge in [0.15, 0.2) is 0 Å². The monoisotopic (exact) mass is 258 g/mol. The number of hydrogen-bond donors (Lipinski definition) is 2. The largest absolute Gasteiger partial charge is 0.477 e. The SMILES string of the molecule is CCOc1cncc(NCc2cccc(CN)c2)n1. The summed E-state index contributed by atoms with van der Waals surface area (Å²) >= 11 is 0. The predicted octanol–water partition coefficient (Wildman–Crippen LogP) is 1.95. The van der Waals surface area contributed by atoms with Crippen molar-refractivity contribution in [3.8, 4) is 5.88 Å². The van der Waals surface area contributed by atoms with Crippen LogP contribution >= 0.6 is 0 Å². The molecule has 0 unspecified atom stereocenters. The molecular weight excluding hydrogens is 240 g/mol. The van der Waals surface area contributed by atoms with Gasteiger partial charge in [-0.15, -0.1) is 0 Å². The fourth-order valence-corrected chi connectivity index (χ4v) is 1.71. The molecule has 0 atom stereocenters. The molecule has 100 valence electrons. The number of benzene rings is 1. The Kier molecular flexibility index (Phi) is 4.69. The summed E-state index contributed by atoms with van der Waals surface area (Å²) < 4.78 is 5.30. The molecule has 0 saturated carbocycles. The van der Waals surface area contributed by atoms with Crippen LogP contribution in [0, 0.1) is 0 Å². The lowest BCUT2D eigenvalue weighted by Crippen LogP contribution is -2.04. The van der Waals surface area contributed by atoms with Crippen LogP contribution in [0.3, 0.4) is 0 Å². The number of hydrogen-bond acceptors (Lipinski definition) is 5. The molecule has 0 aliphatic heterocycles. The van der Waals surface area contributed by atoms with Crippen molar-refractivity contribution in [3.63, 3.8) is 0 Å². The molecule has 1 heterocycles. The third-order valence-electron chi connectivity index (χ3n) is 2.61. The predicted molar refractivity (Wildman–Crippen MR) is 74.9 cm³/mol. The van der Waals surface area contributed by atoms with Crippen molar-refractivity contribution in [1.82, 2.24) is 9.97 Å². The van der Waals surface area contributed by atoms with E-state index in [0.29, 0.717) is 31.4 Å². The van der Waals surface area contributed by atoms with E-state index in [-0.39, 0.29) is 0 Å². The van der Waals surface area contributed by atoms with Gasteiger partial charge in [-0.1, -0.05) is 24.3 Å². The van der Waals surface area contributed by atoms with Gasteiger partial charge in [0.1, 0.15) is 5.82 Å². The molecule has 1 aromatic heterocycles. The summed E-state index contributed by atoms with van der Waals surface area (Å²) in [6.07, 6.45) is 3.28. The average molecular weight is 258 g/mol. The summed E-state index contributed by atoms with van der Waals surface area (Å²) in [5.74, 6) is 1.23. The van der Waals surface area contributed by atoms with E-state index in [4.69, 9.17) is 10.5 Å². The van der Waals surface area contributed by atoms with Crippen molar-refractivity contribution in [1.29, 1.82) is 0 Å². The minimum atomic E-state index is 0.531. The standard InChI is InChI=1S/C14H18N4O/c1-2-19-14-10-16-9-13(18-14)17-8-12-5-3-4-11(6-12)7-15/h3-6,9-10H,2,7-8,15H2,1H3,(H,17,18). The van der Waals surface area contributed by atoms with Gasteiger partial charge >= 0.3 is 0 Å². The highest BCUT2D eigenvalue weighted by Gasteiger charge is 2.00. The van der Waals surface area contributed by atoms with Crippen LogP contribution in [-0.2, 0) is 13.1 Å². The molecule has 0 amide bonds. The third kappa shape index (κ3) is 3.93. The Labute approximate surface area is 112 Å². The summed E-state index contributed by atoms with van der Waals surface area (Å²) in [5.41, 5.74) is 7.90. The van der Waals surface area contributed by atoms with E-state index in [2.05, 4.69) is 21.4 Å². The highest BCUT2D eigenvalue weighted by Crippen LogP contribution is 2.11. The van der Waals surface area contributed by atoms with Crippen molar-refractivity contribution < 1.29 is 4.74 Å². The lowest BCUT2D eigenvalue weighted by molar-refractivity contribution is 0.325. The van der Waals surface area contributed by atoms with Gasteiger partial charge in [-0.2, -0.15) is 4.98 Å². The van der Waals surface area contributed by atoms with Crippen molar-refractivity contribution in [2.45, 2.75) is 20.0 Å². The molecule has 0 spiro atoms. The molecule has 0 bridgehead atoms. The average Bonchev–Trinajstić information content (AvgIpc) is 2.46. The summed E-state index contributed by atoms with van der Waals surface area (Å²) in [6, 6.07) is 8.14. The lowest BCUT2D eigenvalue weighted by Gasteiger charge is -2.08. The van der Waals surface area contributed by atoms with E-state index in [9.17, 15) is 0 Å². The number of nitrogens with zero attached hydrogens (tertiary/aromatic N) is 2. The number of nitrogens with two attached hydrogens (primary N) is 1. The number of nitrogens with one attached hydrogen (secondary N) is 1. The van der Waals surface area contributed by atoms with Crippen LogP contribution in [0.1, 0.15) is 18.1 Å². The highest BCUT2D eigenvalue weighted by atomic mass is 16.5. The Bertz CT molecular complexity index is 530. The van der Waals surface area contributed by atoms with E-state index < -0.39 is 0 Å². The minimum Gasteiger partial charge on any atom is -0.477 e.